The van der Waals surface area contributed by atoms with E-state index < -0.39 is 67.1 Å². The minimum Gasteiger partial charge on any atom is -0.461 e. The lowest BCUT2D eigenvalue weighted by Crippen LogP contribution is -2.42. The summed E-state index contributed by atoms with van der Waals surface area (Å²) in [5.74, 6) is -11.1. The third kappa shape index (κ3) is 10.6. The third-order valence-corrected chi connectivity index (χ3v) is 3.24. The highest BCUT2D eigenvalue weighted by atomic mass is 19.4. The summed E-state index contributed by atoms with van der Waals surface area (Å²) >= 11 is 0. The number of ether oxygens (including phenoxy) is 2. The minimum atomic E-state index is -5.73. The minimum absolute atomic E-state index is 0.127. The average molecular weight is 449 g/mol. The zero-order chi connectivity index (χ0) is 23.5. The van der Waals surface area contributed by atoms with Crippen molar-refractivity contribution in [1.82, 2.24) is 5.32 Å². The first-order valence-electron chi connectivity index (χ1n) is 8.13. The van der Waals surface area contributed by atoms with E-state index in [2.05, 4.69) is 21.4 Å². The van der Waals surface area contributed by atoms with Crippen LogP contribution in [0.2, 0.25) is 0 Å². The summed E-state index contributed by atoms with van der Waals surface area (Å²) in [6.45, 7) is 2.38. The number of ketones is 3. The van der Waals surface area contributed by atoms with Crippen LogP contribution in [0.25, 0.3) is 0 Å². The Kier molecular flexibility index (Phi) is 10.8. The fourth-order valence-electron chi connectivity index (χ4n) is 1.88. The standard InChI is InChI=1S/C16H17F6NO7/c1-2-11(25)29-7-5-23-14(28)30-6-3-4-9(24)8-10(12(26)15(17,18)19)13(27)16(20,21)22/h2,10H,1,3-8H2,(H,23,28). The topological polar surface area (TPSA) is 116 Å². The molecule has 1 N–H and O–H groups in total. The van der Waals surface area contributed by atoms with Crippen LogP contribution < -0.4 is 5.32 Å². The second-order valence-corrected chi connectivity index (χ2v) is 5.56. The highest BCUT2D eigenvalue weighted by Gasteiger charge is 2.53. The van der Waals surface area contributed by atoms with Gasteiger partial charge >= 0.3 is 24.4 Å². The van der Waals surface area contributed by atoms with Crippen molar-refractivity contribution in [2.75, 3.05) is 19.8 Å². The number of Topliss-reactive ketones (excluding diaryl/α,β-unsaturated/α-hetero) is 3. The summed E-state index contributed by atoms with van der Waals surface area (Å²) < 4.78 is 83.6. The summed E-state index contributed by atoms with van der Waals surface area (Å²) in [5, 5.41) is 2.15. The number of alkyl carbamates (subject to hydrolysis) is 1. The van der Waals surface area contributed by atoms with Crippen LogP contribution in [-0.4, -0.2) is 61.5 Å². The molecule has 0 saturated heterocycles. The zero-order valence-electron chi connectivity index (χ0n) is 15.2. The molecule has 0 aromatic rings. The molecule has 170 valence electrons. The van der Waals surface area contributed by atoms with Crippen LogP contribution in [0.1, 0.15) is 19.3 Å². The first-order chi connectivity index (χ1) is 13.7. The van der Waals surface area contributed by atoms with E-state index in [-0.39, 0.29) is 19.6 Å². The molecule has 0 saturated carbocycles. The van der Waals surface area contributed by atoms with E-state index in [4.69, 9.17) is 0 Å². The number of amides is 1. The second kappa shape index (κ2) is 11.9. The van der Waals surface area contributed by atoms with Crippen LogP contribution in [0.15, 0.2) is 12.7 Å². The fourth-order valence-corrected chi connectivity index (χ4v) is 1.88. The van der Waals surface area contributed by atoms with Crippen molar-refractivity contribution >= 4 is 29.4 Å². The van der Waals surface area contributed by atoms with E-state index in [0.29, 0.717) is 0 Å². The Morgan fingerprint density at radius 2 is 1.43 bits per heavy atom. The first kappa shape index (κ1) is 27.1. The molecule has 0 spiro atoms. The molecule has 0 aliphatic heterocycles. The van der Waals surface area contributed by atoms with Gasteiger partial charge in [-0.15, -0.1) is 0 Å². The summed E-state index contributed by atoms with van der Waals surface area (Å²) in [4.78, 5) is 55.8. The molecule has 1 amide bonds. The van der Waals surface area contributed by atoms with Crippen LogP contribution in [0, 0.1) is 5.92 Å². The Hall–Kier alpha value is -2.93. The van der Waals surface area contributed by atoms with Crippen molar-refractivity contribution in [2.24, 2.45) is 5.92 Å². The monoisotopic (exact) mass is 449 g/mol. The van der Waals surface area contributed by atoms with E-state index >= 15 is 0 Å². The van der Waals surface area contributed by atoms with Gasteiger partial charge in [0.15, 0.2) is 0 Å². The molecule has 0 rings (SSSR count). The van der Waals surface area contributed by atoms with Crippen molar-refractivity contribution in [2.45, 2.75) is 31.6 Å². The van der Waals surface area contributed by atoms with E-state index in [0.717, 1.165) is 6.08 Å². The molecule has 0 aromatic carbocycles. The Labute approximate surface area is 165 Å². The number of hydrogen-bond donors (Lipinski definition) is 1. The SMILES string of the molecule is C=CC(=O)OCCNC(=O)OCCCC(=O)CC(C(=O)C(F)(F)F)C(=O)C(F)(F)F. The molecule has 8 nitrogen and oxygen atoms in total. The van der Waals surface area contributed by atoms with E-state index in [9.17, 15) is 50.3 Å². The van der Waals surface area contributed by atoms with Gasteiger partial charge in [-0.2, -0.15) is 26.3 Å². The summed E-state index contributed by atoms with van der Waals surface area (Å²) in [7, 11) is 0. The van der Waals surface area contributed by atoms with Crippen LogP contribution >= 0.6 is 0 Å². The number of carbonyl (C=O) groups is 5. The van der Waals surface area contributed by atoms with Crippen molar-refractivity contribution in [3.05, 3.63) is 12.7 Å². The average Bonchev–Trinajstić information content (AvgIpc) is 2.63. The van der Waals surface area contributed by atoms with Gasteiger partial charge in [0.05, 0.1) is 13.2 Å². The number of hydrogen-bond acceptors (Lipinski definition) is 7. The van der Waals surface area contributed by atoms with E-state index in [1.54, 1.807) is 0 Å². The highest BCUT2D eigenvalue weighted by Crippen LogP contribution is 2.30. The number of esters is 1. The Bertz CT molecular complexity index is 646. The molecule has 0 heterocycles. The maximum absolute atomic E-state index is 12.4. The lowest BCUT2D eigenvalue weighted by atomic mass is 9.91. The molecule has 0 aliphatic carbocycles. The van der Waals surface area contributed by atoms with Gasteiger partial charge in [-0.3, -0.25) is 14.4 Å². The molecule has 0 fully saturated rings. The predicted octanol–water partition coefficient (Wildman–Crippen LogP) is 2.06. The van der Waals surface area contributed by atoms with Crippen molar-refractivity contribution < 1.29 is 59.8 Å². The number of alkyl halides is 6. The quantitative estimate of drug-likeness (QED) is 0.159. The number of rotatable bonds is 12. The smallest absolute Gasteiger partial charge is 0.450 e. The van der Waals surface area contributed by atoms with Crippen molar-refractivity contribution in [3.8, 4) is 0 Å². The summed E-state index contributed by atoms with van der Waals surface area (Å²) in [6.07, 6.45) is -14.1. The molecule has 30 heavy (non-hydrogen) atoms. The molecule has 0 bridgehead atoms. The largest absolute Gasteiger partial charge is 0.461 e. The van der Waals surface area contributed by atoms with Gasteiger partial charge < -0.3 is 14.8 Å². The molecule has 0 aliphatic rings. The number of halogens is 6. The van der Waals surface area contributed by atoms with Gasteiger partial charge in [-0.05, 0) is 6.42 Å². The van der Waals surface area contributed by atoms with Crippen LogP contribution in [0.3, 0.4) is 0 Å². The summed E-state index contributed by atoms with van der Waals surface area (Å²) in [6, 6.07) is 0. The third-order valence-electron chi connectivity index (χ3n) is 3.24. The molecule has 14 heteroatoms. The molecule has 0 aromatic heterocycles. The lowest BCUT2D eigenvalue weighted by molar-refractivity contribution is -0.190. The first-order valence-corrected chi connectivity index (χ1v) is 8.13. The second-order valence-electron chi connectivity index (χ2n) is 5.56. The molecular formula is C16H17F6NO7. The van der Waals surface area contributed by atoms with Gasteiger partial charge in [-0.1, -0.05) is 6.58 Å². The Morgan fingerprint density at radius 1 is 0.900 bits per heavy atom. The highest BCUT2D eigenvalue weighted by molar-refractivity contribution is 6.09. The van der Waals surface area contributed by atoms with Gasteiger partial charge in [0.1, 0.15) is 18.3 Å². The molecule has 0 radical (unpaired) electrons. The molecular weight excluding hydrogens is 432 g/mol. The summed E-state index contributed by atoms with van der Waals surface area (Å²) in [5.41, 5.74) is 0. The Morgan fingerprint density at radius 3 is 1.90 bits per heavy atom. The normalized spacial score (nSPS) is 11.6. The maximum Gasteiger partial charge on any atom is 0.450 e. The van der Waals surface area contributed by atoms with Gasteiger partial charge in [0.25, 0.3) is 0 Å². The fraction of sp³-hybridized carbons (Fsp3) is 0.562. The Balaban J connectivity index is 4.46. The maximum atomic E-state index is 12.4. The molecule has 0 unspecified atom stereocenters. The van der Waals surface area contributed by atoms with Gasteiger partial charge in [0.2, 0.25) is 11.6 Å². The van der Waals surface area contributed by atoms with Crippen molar-refractivity contribution in [3.63, 3.8) is 0 Å². The van der Waals surface area contributed by atoms with Crippen molar-refractivity contribution in [1.29, 1.82) is 0 Å². The zero-order valence-corrected chi connectivity index (χ0v) is 15.2. The van der Waals surface area contributed by atoms with E-state index in [1.165, 1.54) is 0 Å². The van der Waals surface area contributed by atoms with Crippen LogP contribution in [-0.2, 0) is 28.7 Å². The van der Waals surface area contributed by atoms with Gasteiger partial charge in [0, 0.05) is 18.9 Å². The predicted molar refractivity (Wildman–Crippen MR) is 85.0 cm³/mol. The van der Waals surface area contributed by atoms with Crippen LogP contribution in [0.4, 0.5) is 31.1 Å². The van der Waals surface area contributed by atoms with Gasteiger partial charge in [-0.25, -0.2) is 9.59 Å². The van der Waals surface area contributed by atoms with E-state index in [1.807, 2.05) is 0 Å². The number of carbonyl (C=O) groups excluding carboxylic acids is 5. The molecule has 0 atom stereocenters. The number of nitrogens with one attached hydrogen (secondary N) is 1. The van der Waals surface area contributed by atoms with Crippen LogP contribution in [0.5, 0.6) is 0 Å². The lowest BCUT2D eigenvalue weighted by Gasteiger charge is -2.17.